The second-order valence-electron chi connectivity index (χ2n) is 3.49. The van der Waals surface area contributed by atoms with Crippen molar-refractivity contribution in [3.63, 3.8) is 0 Å². The molecule has 0 fully saturated rings. The molecular formula is C11H14ClNO3. The zero-order valence-corrected chi connectivity index (χ0v) is 9.75. The molecule has 0 bridgehead atoms. The monoisotopic (exact) mass is 243 g/mol. The summed E-state index contributed by atoms with van der Waals surface area (Å²) in [6, 6.07) is 5.21. The van der Waals surface area contributed by atoms with Crippen LogP contribution >= 0.6 is 12.4 Å². The highest BCUT2D eigenvalue weighted by molar-refractivity contribution is 5.90. The van der Waals surface area contributed by atoms with Crippen LogP contribution in [0.25, 0.3) is 0 Å². The number of nitrogens with two attached hydrogens (primary N) is 1. The van der Waals surface area contributed by atoms with E-state index in [0.717, 1.165) is 12.0 Å². The molecule has 5 heteroatoms. The third-order valence-corrected chi connectivity index (χ3v) is 2.52. The summed E-state index contributed by atoms with van der Waals surface area (Å²) in [7, 11) is 1.36. The van der Waals surface area contributed by atoms with Crippen molar-refractivity contribution in [3.8, 4) is 5.75 Å². The van der Waals surface area contributed by atoms with Crippen LogP contribution in [0, 0.1) is 0 Å². The number of halogens is 1. The van der Waals surface area contributed by atoms with Gasteiger partial charge < -0.3 is 15.2 Å². The van der Waals surface area contributed by atoms with Crippen LogP contribution in [0.3, 0.4) is 0 Å². The highest BCUT2D eigenvalue weighted by atomic mass is 35.5. The van der Waals surface area contributed by atoms with Gasteiger partial charge in [0.25, 0.3) is 0 Å². The molecule has 2 N–H and O–H groups in total. The normalized spacial score (nSPS) is 17.8. The van der Waals surface area contributed by atoms with Crippen molar-refractivity contribution >= 4 is 18.4 Å². The molecule has 0 unspecified atom stereocenters. The lowest BCUT2D eigenvalue weighted by molar-refractivity contribution is 0.0600. The van der Waals surface area contributed by atoms with E-state index < -0.39 is 0 Å². The summed E-state index contributed by atoms with van der Waals surface area (Å²) < 4.78 is 10.1. The predicted octanol–water partition coefficient (Wildman–Crippen LogP) is 1.68. The van der Waals surface area contributed by atoms with E-state index in [1.165, 1.54) is 7.11 Å². The zero-order valence-electron chi connectivity index (χ0n) is 8.93. The van der Waals surface area contributed by atoms with Crippen LogP contribution in [0.1, 0.15) is 28.4 Å². The zero-order chi connectivity index (χ0) is 10.8. The molecule has 0 spiro atoms. The minimum absolute atomic E-state index is 0. The molecule has 1 heterocycles. The lowest BCUT2D eigenvalue weighted by Crippen LogP contribution is -2.20. The second kappa shape index (κ2) is 5.18. The molecule has 0 aliphatic carbocycles. The average molecular weight is 244 g/mol. The highest BCUT2D eigenvalue weighted by Crippen LogP contribution is 2.31. The van der Waals surface area contributed by atoms with Gasteiger partial charge in [0.2, 0.25) is 0 Å². The first kappa shape index (κ1) is 12.8. The number of hydrogen-bond donors (Lipinski definition) is 1. The molecule has 0 amide bonds. The minimum Gasteiger partial charge on any atom is -0.493 e. The third kappa shape index (κ3) is 2.28. The van der Waals surface area contributed by atoms with Gasteiger partial charge in [0, 0.05) is 18.0 Å². The Hall–Kier alpha value is -1.26. The highest BCUT2D eigenvalue weighted by Gasteiger charge is 2.19. The molecule has 1 atom stereocenters. The summed E-state index contributed by atoms with van der Waals surface area (Å²) >= 11 is 0. The van der Waals surface area contributed by atoms with Gasteiger partial charge in [-0.05, 0) is 12.1 Å². The molecule has 0 aromatic heterocycles. The maximum Gasteiger partial charge on any atom is 0.337 e. The van der Waals surface area contributed by atoms with Crippen molar-refractivity contribution in [1.82, 2.24) is 0 Å². The molecule has 1 aromatic carbocycles. The first-order chi connectivity index (χ1) is 7.22. The number of hydrogen-bond acceptors (Lipinski definition) is 4. The molecule has 2 rings (SSSR count). The first-order valence-electron chi connectivity index (χ1n) is 4.83. The van der Waals surface area contributed by atoms with Crippen molar-refractivity contribution in [2.24, 2.45) is 5.73 Å². The van der Waals surface area contributed by atoms with Crippen molar-refractivity contribution in [2.75, 3.05) is 13.7 Å². The Morgan fingerprint density at radius 3 is 3.00 bits per heavy atom. The SMILES string of the molecule is COC(=O)c1ccc2c(c1)OCC[C@@H]2N.Cl. The number of ether oxygens (including phenoxy) is 2. The van der Waals surface area contributed by atoms with Gasteiger partial charge in [-0.1, -0.05) is 6.07 Å². The predicted molar refractivity (Wildman–Crippen MR) is 62.1 cm³/mol. The van der Waals surface area contributed by atoms with Gasteiger partial charge in [-0.25, -0.2) is 4.79 Å². The smallest absolute Gasteiger partial charge is 0.337 e. The van der Waals surface area contributed by atoms with E-state index in [2.05, 4.69) is 4.74 Å². The fourth-order valence-corrected chi connectivity index (χ4v) is 1.66. The largest absolute Gasteiger partial charge is 0.493 e. The molecule has 4 nitrogen and oxygen atoms in total. The second-order valence-corrected chi connectivity index (χ2v) is 3.49. The third-order valence-electron chi connectivity index (χ3n) is 2.52. The van der Waals surface area contributed by atoms with Crippen LogP contribution in [0.15, 0.2) is 18.2 Å². The van der Waals surface area contributed by atoms with E-state index in [0.29, 0.717) is 17.9 Å². The summed E-state index contributed by atoms with van der Waals surface area (Å²) in [5, 5.41) is 0. The summed E-state index contributed by atoms with van der Waals surface area (Å²) in [4.78, 5) is 11.3. The number of carbonyl (C=O) groups excluding carboxylic acids is 1. The van der Waals surface area contributed by atoms with Gasteiger partial charge in [0.05, 0.1) is 19.3 Å². The Labute approximate surface area is 100 Å². The van der Waals surface area contributed by atoms with E-state index in [1.807, 2.05) is 6.07 Å². The maximum atomic E-state index is 11.3. The lowest BCUT2D eigenvalue weighted by atomic mass is 10.00. The summed E-state index contributed by atoms with van der Waals surface area (Å²) in [6.45, 7) is 0.596. The van der Waals surface area contributed by atoms with E-state index in [4.69, 9.17) is 10.5 Å². The van der Waals surface area contributed by atoms with E-state index in [-0.39, 0.29) is 24.4 Å². The number of benzene rings is 1. The molecule has 1 aliphatic heterocycles. The van der Waals surface area contributed by atoms with Crippen LogP contribution in [0.2, 0.25) is 0 Å². The van der Waals surface area contributed by atoms with Crippen LogP contribution < -0.4 is 10.5 Å². The Balaban J connectivity index is 0.00000128. The van der Waals surface area contributed by atoms with E-state index in [9.17, 15) is 4.79 Å². The Kier molecular flexibility index (Phi) is 4.15. The number of methoxy groups -OCH3 is 1. The van der Waals surface area contributed by atoms with Gasteiger partial charge >= 0.3 is 5.97 Å². The molecule has 16 heavy (non-hydrogen) atoms. The Morgan fingerprint density at radius 1 is 1.56 bits per heavy atom. The molecule has 0 saturated heterocycles. The molecular weight excluding hydrogens is 230 g/mol. The van der Waals surface area contributed by atoms with Gasteiger partial charge in [-0.15, -0.1) is 12.4 Å². The Morgan fingerprint density at radius 2 is 2.31 bits per heavy atom. The molecule has 88 valence electrons. The van der Waals surface area contributed by atoms with Crippen LogP contribution in [-0.2, 0) is 4.74 Å². The number of carbonyl (C=O) groups is 1. The van der Waals surface area contributed by atoms with Gasteiger partial charge in [0.15, 0.2) is 0 Å². The van der Waals surface area contributed by atoms with E-state index in [1.54, 1.807) is 12.1 Å². The first-order valence-corrected chi connectivity index (χ1v) is 4.83. The van der Waals surface area contributed by atoms with Crippen molar-refractivity contribution in [3.05, 3.63) is 29.3 Å². The van der Waals surface area contributed by atoms with Crippen molar-refractivity contribution < 1.29 is 14.3 Å². The van der Waals surface area contributed by atoms with Crippen LogP contribution in [-0.4, -0.2) is 19.7 Å². The number of esters is 1. The summed E-state index contributed by atoms with van der Waals surface area (Å²) in [5.74, 6) is 0.331. The van der Waals surface area contributed by atoms with Crippen LogP contribution in [0.4, 0.5) is 0 Å². The lowest BCUT2D eigenvalue weighted by Gasteiger charge is -2.23. The van der Waals surface area contributed by atoms with Gasteiger partial charge in [-0.3, -0.25) is 0 Å². The summed E-state index contributed by atoms with van der Waals surface area (Å²) in [5.41, 5.74) is 7.35. The average Bonchev–Trinajstić information content (AvgIpc) is 2.28. The van der Waals surface area contributed by atoms with E-state index >= 15 is 0 Å². The van der Waals surface area contributed by atoms with Crippen LogP contribution in [0.5, 0.6) is 5.75 Å². The van der Waals surface area contributed by atoms with Gasteiger partial charge in [0.1, 0.15) is 5.75 Å². The standard InChI is InChI=1S/C11H13NO3.ClH/c1-14-11(13)7-2-3-8-9(12)4-5-15-10(8)6-7;/h2-3,6,9H,4-5,12H2,1H3;1H/t9-;/m0./s1. The Bertz CT molecular complexity index is 395. The number of fused-ring (bicyclic) bond motifs is 1. The van der Waals surface area contributed by atoms with Crippen molar-refractivity contribution in [2.45, 2.75) is 12.5 Å². The fourth-order valence-electron chi connectivity index (χ4n) is 1.66. The molecule has 0 saturated carbocycles. The topological polar surface area (TPSA) is 61.5 Å². The maximum absolute atomic E-state index is 11.3. The fraction of sp³-hybridized carbons (Fsp3) is 0.364. The van der Waals surface area contributed by atoms with Gasteiger partial charge in [-0.2, -0.15) is 0 Å². The molecule has 1 aliphatic rings. The summed E-state index contributed by atoms with van der Waals surface area (Å²) in [6.07, 6.45) is 0.810. The molecule has 1 aromatic rings. The quantitative estimate of drug-likeness (QED) is 0.763. The van der Waals surface area contributed by atoms with Crippen molar-refractivity contribution in [1.29, 1.82) is 0 Å². The molecule has 0 radical (unpaired) electrons. The number of rotatable bonds is 1. The minimum atomic E-state index is -0.361.